The van der Waals surface area contributed by atoms with E-state index in [4.69, 9.17) is 28.9 Å². The summed E-state index contributed by atoms with van der Waals surface area (Å²) >= 11 is 12.1. The van der Waals surface area contributed by atoms with E-state index in [1.54, 1.807) is 0 Å². The van der Waals surface area contributed by atoms with Crippen LogP contribution in [0.15, 0.2) is 18.2 Å². The van der Waals surface area contributed by atoms with Gasteiger partial charge in [0, 0.05) is 13.1 Å². The number of nitrogens with zero attached hydrogens (tertiary/aromatic N) is 1. The standard InChI is InChI=1S/C12H16Cl2N2/c13-11-3-1-2-10(12(11)14)8-16-5-4-9(6-15)7-16/h1-3,9H,4-8,15H2/t9-/m0/s1. The van der Waals surface area contributed by atoms with Gasteiger partial charge in [0.15, 0.2) is 0 Å². The number of halogens is 2. The van der Waals surface area contributed by atoms with Gasteiger partial charge >= 0.3 is 0 Å². The van der Waals surface area contributed by atoms with Gasteiger partial charge in [-0.1, -0.05) is 35.3 Å². The van der Waals surface area contributed by atoms with Crippen LogP contribution in [0, 0.1) is 5.92 Å². The Balaban J connectivity index is 2.02. The first-order chi connectivity index (χ1) is 7.70. The molecular weight excluding hydrogens is 243 g/mol. The van der Waals surface area contributed by atoms with Crippen LogP contribution in [0.1, 0.15) is 12.0 Å². The normalized spacial score (nSPS) is 21.6. The van der Waals surface area contributed by atoms with Crippen molar-refractivity contribution in [3.63, 3.8) is 0 Å². The van der Waals surface area contributed by atoms with E-state index < -0.39 is 0 Å². The molecule has 1 heterocycles. The first kappa shape index (κ1) is 12.2. The number of likely N-dealkylation sites (tertiary alicyclic amines) is 1. The lowest BCUT2D eigenvalue weighted by Gasteiger charge is -2.16. The highest BCUT2D eigenvalue weighted by molar-refractivity contribution is 6.42. The van der Waals surface area contributed by atoms with E-state index in [0.717, 1.165) is 31.7 Å². The highest BCUT2D eigenvalue weighted by atomic mass is 35.5. The van der Waals surface area contributed by atoms with Crippen molar-refractivity contribution in [1.82, 2.24) is 4.90 Å². The van der Waals surface area contributed by atoms with Crippen molar-refractivity contribution in [3.8, 4) is 0 Å². The molecule has 1 atom stereocenters. The molecule has 2 N–H and O–H groups in total. The number of hydrogen-bond acceptors (Lipinski definition) is 2. The average Bonchev–Trinajstić information content (AvgIpc) is 2.73. The highest BCUT2D eigenvalue weighted by Gasteiger charge is 2.21. The molecule has 0 aromatic heterocycles. The second-order valence-electron chi connectivity index (χ2n) is 4.34. The van der Waals surface area contributed by atoms with Gasteiger partial charge in [0.2, 0.25) is 0 Å². The number of benzene rings is 1. The van der Waals surface area contributed by atoms with Crippen molar-refractivity contribution in [1.29, 1.82) is 0 Å². The van der Waals surface area contributed by atoms with Gasteiger partial charge in [0.1, 0.15) is 0 Å². The molecule has 0 saturated carbocycles. The van der Waals surface area contributed by atoms with Crippen molar-refractivity contribution in [2.75, 3.05) is 19.6 Å². The Hall–Kier alpha value is -0.280. The lowest BCUT2D eigenvalue weighted by atomic mass is 10.1. The zero-order chi connectivity index (χ0) is 11.5. The molecule has 1 aromatic carbocycles. The second-order valence-corrected chi connectivity index (χ2v) is 5.12. The summed E-state index contributed by atoms with van der Waals surface area (Å²) in [5, 5.41) is 1.31. The van der Waals surface area contributed by atoms with Gasteiger partial charge in [-0.25, -0.2) is 0 Å². The van der Waals surface area contributed by atoms with E-state index in [1.165, 1.54) is 6.42 Å². The molecule has 2 nitrogen and oxygen atoms in total. The van der Waals surface area contributed by atoms with E-state index in [0.29, 0.717) is 16.0 Å². The van der Waals surface area contributed by atoms with Gasteiger partial charge in [-0.05, 0) is 37.1 Å². The molecule has 1 aromatic rings. The molecule has 1 aliphatic heterocycles. The molecule has 88 valence electrons. The second kappa shape index (κ2) is 5.37. The SMILES string of the molecule is NC[C@@H]1CCN(Cc2cccc(Cl)c2Cl)C1. The van der Waals surface area contributed by atoms with Crippen molar-refractivity contribution in [2.45, 2.75) is 13.0 Å². The molecule has 1 saturated heterocycles. The maximum Gasteiger partial charge on any atom is 0.0637 e. The van der Waals surface area contributed by atoms with Gasteiger partial charge in [-0.3, -0.25) is 4.90 Å². The minimum Gasteiger partial charge on any atom is -0.330 e. The summed E-state index contributed by atoms with van der Waals surface area (Å²) in [5.74, 6) is 0.637. The minimum atomic E-state index is 0.633. The Morgan fingerprint density at radius 2 is 2.19 bits per heavy atom. The molecule has 16 heavy (non-hydrogen) atoms. The summed E-state index contributed by atoms with van der Waals surface area (Å²) in [6, 6.07) is 5.80. The van der Waals surface area contributed by atoms with E-state index in [9.17, 15) is 0 Å². The summed E-state index contributed by atoms with van der Waals surface area (Å²) in [4.78, 5) is 2.38. The summed E-state index contributed by atoms with van der Waals surface area (Å²) in [5.41, 5.74) is 6.77. The van der Waals surface area contributed by atoms with Crippen LogP contribution in [0.3, 0.4) is 0 Å². The highest BCUT2D eigenvalue weighted by Crippen LogP contribution is 2.27. The Labute approximate surface area is 106 Å². The molecule has 0 spiro atoms. The fourth-order valence-corrected chi connectivity index (χ4v) is 2.54. The van der Waals surface area contributed by atoms with Crippen LogP contribution in [-0.4, -0.2) is 24.5 Å². The molecule has 0 unspecified atom stereocenters. The summed E-state index contributed by atoms with van der Waals surface area (Å²) in [7, 11) is 0. The lowest BCUT2D eigenvalue weighted by molar-refractivity contribution is 0.318. The topological polar surface area (TPSA) is 29.3 Å². The zero-order valence-electron chi connectivity index (χ0n) is 9.13. The van der Waals surface area contributed by atoms with Crippen molar-refractivity contribution in [3.05, 3.63) is 33.8 Å². The van der Waals surface area contributed by atoms with Gasteiger partial charge in [0.25, 0.3) is 0 Å². The Morgan fingerprint density at radius 3 is 2.88 bits per heavy atom. The third-order valence-electron chi connectivity index (χ3n) is 3.13. The smallest absolute Gasteiger partial charge is 0.0637 e. The largest absolute Gasteiger partial charge is 0.330 e. The fraction of sp³-hybridized carbons (Fsp3) is 0.500. The lowest BCUT2D eigenvalue weighted by Crippen LogP contribution is -2.22. The molecule has 0 aliphatic carbocycles. The molecule has 2 rings (SSSR count). The average molecular weight is 259 g/mol. The first-order valence-corrected chi connectivity index (χ1v) is 6.31. The van der Waals surface area contributed by atoms with Gasteiger partial charge in [-0.15, -0.1) is 0 Å². The van der Waals surface area contributed by atoms with Crippen LogP contribution >= 0.6 is 23.2 Å². The summed E-state index contributed by atoms with van der Waals surface area (Å²) in [6.07, 6.45) is 1.19. The maximum absolute atomic E-state index is 6.16. The van der Waals surface area contributed by atoms with Gasteiger partial charge in [-0.2, -0.15) is 0 Å². The summed E-state index contributed by atoms with van der Waals surface area (Å²) < 4.78 is 0. The van der Waals surface area contributed by atoms with Gasteiger partial charge in [0.05, 0.1) is 10.0 Å². The third-order valence-corrected chi connectivity index (χ3v) is 3.99. The van der Waals surface area contributed by atoms with Crippen LogP contribution in [-0.2, 0) is 6.54 Å². The van der Waals surface area contributed by atoms with E-state index in [2.05, 4.69) is 4.90 Å². The third kappa shape index (κ3) is 2.69. The molecule has 0 radical (unpaired) electrons. The molecule has 4 heteroatoms. The molecule has 0 bridgehead atoms. The minimum absolute atomic E-state index is 0.633. The predicted octanol–water partition coefficient (Wildman–Crippen LogP) is 2.77. The molecular formula is C12H16Cl2N2. The predicted molar refractivity (Wildman–Crippen MR) is 68.9 cm³/mol. The van der Waals surface area contributed by atoms with Crippen molar-refractivity contribution in [2.24, 2.45) is 11.7 Å². The Morgan fingerprint density at radius 1 is 1.38 bits per heavy atom. The molecule has 1 aliphatic rings. The van der Waals surface area contributed by atoms with Crippen LogP contribution in [0.25, 0.3) is 0 Å². The van der Waals surface area contributed by atoms with E-state index in [1.807, 2.05) is 18.2 Å². The Kier molecular flexibility index (Phi) is 4.09. The van der Waals surface area contributed by atoms with E-state index >= 15 is 0 Å². The van der Waals surface area contributed by atoms with Crippen LogP contribution in [0.4, 0.5) is 0 Å². The molecule has 1 fully saturated rings. The van der Waals surface area contributed by atoms with Crippen LogP contribution in [0.5, 0.6) is 0 Å². The maximum atomic E-state index is 6.16. The monoisotopic (exact) mass is 258 g/mol. The van der Waals surface area contributed by atoms with Crippen molar-refractivity contribution < 1.29 is 0 Å². The Bertz CT molecular complexity index is 368. The van der Waals surface area contributed by atoms with Crippen LogP contribution in [0.2, 0.25) is 10.0 Å². The zero-order valence-corrected chi connectivity index (χ0v) is 10.6. The van der Waals surface area contributed by atoms with Crippen molar-refractivity contribution >= 4 is 23.2 Å². The number of rotatable bonds is 3. The number of nitrogens with two attached hydrogens (primary N) is 1. The van der Waals surface area contributed by atoms with Crippen LogP contribution < -0.4 is 5.73 Å². The fourth-order valence-electron chi connectivity index (χ4n) is 2.16. The van der Waals surface area contributed by atoms with Gasteiger partial charge < -0.3 is 5.73 Å². The number of hydrogen-bond donors (Lipinski definition) is 1. The quantitative estimate of drug-likeness (QED) is 0.904. The summed E-state index contributed by atoms with van der Waals surface area (Å²) in [6.45, 7) is 3.82. The first-order valence-electron chi connectivity index (χ1n) is 5.56. The van der Waals surface area contributed by atoms with E-state index in [-0.39, 0.29) is 0 Å². The molecule has 0 amide bonds.